The fourth-order valence-corrected chi connectivity index (χ4v) is 2.92. The lowest BCUT2D eigenvalue weighted by molar-refractivity contribution is 0.285. The van der Waals surface area contributed by atoms with E-state index in [0.29, 0.717) is 6.61 Å². The molecule has 0 spiro atoms. The van der Waals surface area contributed by atoms with Gasteiger partial charge in [0, 0.05) is 9.75 Å². The van der Waals surface area contributed by atoms with Crippen LogP contribution in [0.4, 0.5) is 0 Å². The van der Waals surface area contributed by atoms with Crippen molar-refractivity contribution in [1.29, 1.82) is 0 Å². The van der Waals surface area contributed by atoms with Gasteiger partial charge in [-0.15, -0.1) is 11.3 Å². The Balaban J connectivity index is 2.42. The summed E-state index contributed by atoms with van der Waals surface area (Å²) in [7, 11) is 0. The van der Waals surface area contributed by atoms with E-state index in [4.69, 9.17) is 9.84 Å². The molecule has 0 saturated carbocycles. The summed E-state index contributed by atoms with van der Waals surface area (Å²) < 4.78 is 5.60. The number of aryl methyl sites for hydroxylation is 2. The van der Waals surface area contributed by atoms with Gasteiger partial charge in [-0.3, -0.25) is 0 Å². The molecule has 0 unspecified atom stereocenters. The summed E-state index contributed by atoms with van der Waals surface area (Å²) in [5.41, 5.74) is 3.58. The fraction of sp³-hybridized carbons (Fsp3) is 0.333. The average Bonchev–Trinajstić information content (AvgIpc) is 2.82. The lowest BCUT2D eigenvalue weighted by Crippen LogP contribution is -1.95. The van der Waals surface area contributed by atoms with Gasteiger partial charge in [-0.05, 0) is 61.7 Å². The first-order valence-corrected chi connectivity index (χ1v) is 6.91. The van der Waals surface area contributed by atoms with Gasteiger partial charge in [-0.2, -0.15) is 0 Å². The summed E-state index contributed by atoms with van der Waals surface area (Å²) in [6.45, 7) is 6.95. The van der Waals surface area contributed by atoms with Crippen molar-refractivity contribution >= 4 is 11.3 Å². The highest BCUT2D eigenvalue weighted by atomic mass is 32.1. The first-order valence-electron chi connectivity index (χ1n) is 6.09. The molecule has 0 radical (unpaired) electrons. The SMILES string of the molecule is CCOc1cc(C)c(-c2ccc(CO)s2)cc1C. The number of benzene rings is 1. The Kier molecular flexibility index (Phi) is 4.04. The van der Waals surface area contributed by atoms with Crippen molar-refractivity contribution in [2.45, 2.75) is 27.4 Å². The van der Waals surface area contributed by atoms with Crippen molar-refractivity contribution in [2.24, 2.45) is 0 Å². The third-order valence-corrected chi connectivity index (χ3v) is 4.01. The van der Waals surface area contributed by atoms with Gasteiger partial charge in [0.15, 0.2) is 0 Å². The minimum absolute atomic E-state index is 0.111. The minimum Gasteiger partial charge on any atom is -0.494 e. The molecule has 0 bridgehead atoms. The molecule has 2 nitrogen and oxygen atoms in total. The topological polar surface area (TPSA) is 29.5 Å². The standard InChI is InChI=1S/C15H18O2S/c1-4-17-14-8-10(2)13(7-11(14)3)15-6-5-12(9-16)18-15/h5-8,16H,4,9H2,1-3H3. The molecule has 3 heteroatoms. The lowest BCUT2D eigenvalue weighted by atomic mass is 10.0. The molecular weight excluding hydrogens is 244 g/mol. The van der Waals surface area contributed by atoms with E-state index >= 15 is 0 Å². The third kappa shape index (κ3) is 2.57. The molecule has 18 heavy (non-hydrogen) atoms. The van der Waals surface area contributed by atoms with E-state index in [1.54, 1.807) is 11.3 Å². The van der Waals surface area contributed by atoms with Crippen molar-refractivity contribution in [3.05, 3.63) is 40.3 Å². The zero-order chi connectivity index (χ0) is 13.1. The molecule has 2 aromatic rings. The Morgan fingerprint density at radius 2 is 1.94 bits per heavy atom. The Labute approximate surface area is 112 Å². The van der Waals surface area contributed by atoms with Crippen LogP contribution in [0.15, 0.2) is 24.3 Å². The Bertz CT molecular complexity index is 543. The zero-order valence-corrected chi connectivity index (χ0v) is 11.8. The molecular formula is C15H18O2S. The van der Waals surface area contributed by atoms with E-state index in [1.165, 1.54) is 16.0 Å². The van der Waals surface area contributed by atoms with Crippen LogP contribution in [0.2, 0.25) is 0 Å². The average molecular weight is 262 g/mol. The van der Waals surface area contributed by atoms with Crippen LogP contribution in [-0.2, 0) is 6.61 Å². The van der Waals surface area contributed by atoms with Crippen molar-refractivity contribution in [3.8, 4) is 16.2 Å². The van der Waals surface area contributed by atoms with E-state index in [9.17, 15) is 0 Å². The number of thiophene rings is 1. The second kappa shape index (κ2) is 5.55. The highest BCUT2D eigenvalue weighted by Gasteiger charge is 2.09. The molecule has 2 rings (SSSR count). The second-order valence-electron chi connectivity index (χ2n) is 4.29. The molecule has 0 aliphatic carbocycles. The van der Waals surface area contributed by atoms with Gasteiger partial charge in [-0.1, -0.05) is 0 Å². The molecule has 0 aliphatic heterocycles. The number of aliphatic hydroxyl groups excluding tert-OH is 1. The second-order valence-corrected chi connectivity index (χ2v) is 5.46. The fourth-order valence-electron chi connectivity index (χ4n) is 1.97. The van der Waals surface area contributed by atoms with Crippen LogP contribution < -0.4 is 4.74 Å². The van der Waals surface area contributed by atoms with Crippen LogP contribution in [0, 0.1) is 13.8 Å². The lowest BCUT2D eigenvalue weighted by Gasteiger charge is -2.11. The molecule has 1 aromatic carbocycles. The van der Waals surface area contributed by atoms with Crippen LogP contribution in [0.5, 0.6) is 5.75 Å². The van der Waals surface area contributed by atoms with Crippen LogP contribution in [0.3, 0.4) is 0 Å². The van der Waals surface area contributed by atoms with Crippen molar-refractivity contribution < 1.29 is 9.84 Å². The van der Waals surface area contributed by atoms with Crippen molar-refractivity contribution in [3.63, 3.8) is 0 Å². The molecule has 1 heterocycles. The Morgan fingerprint density at radius 1 is 1.17 bits per heavy atom. The van der Waals surface area contributed by atoms with Crippen molar-refractivity contribution in [2.75, 3.05) is 6.61 Å². The molecule has 1 N–H and O–H groups in total. The van der Waals surface area contributed by atoms with E-state index in [2.05, 4.69) is 32.0 Å². The van der Waals surface area contributed by atoms with Gasteiger partial charge in [-0.25, -0.2) is 0 Å². The van der Waals surface area contributed by atoms with E-state index in [0.717, 1.165) is 16.2 Å². The number of hydrogen-bond acceptors (Lipinski definition) is 3. The van der Waals surface area contributed by atoms with Gasteiger partial charge in [0.2, 0.25) is 0 Å². The maximum absolute atomic E-state index is 9.13. The van der Waals surface area contributed by atoms with Gasteiger partial charge in [0.05, 0.1) is 13.2 Å². The number of aliphatic hydroxyl groups is 1. The predicted molar refractivity (Wildman–Crippen MR) is 76.3 cm³/mol. The van der Waals surface area contributed by atoms with Crippen LogP contribution in [0.25, 0.3) is 10.4 Å². The number of rotatable bonds is 4. The summed E-state index contributed by atoms with van der Waals surface area (Å²) in [4.78, 5) is 2.19. The zero-order valence-electron chi connectivity index (χ0n) is 11.0. The minimum atomic E-state index is 0.111. The Hall–Kier alpha value is -1.32. The summed E-state index contributed by atoms with van der Waals surface area (Å²) in [6.07, 6.45) is 0. The molecule has 0 atom stereocenters. The molecule has 0 fully saturated rings. The van der Waals surface area contributed by atoms with Gasteiger partial charge < -0.3 is 9.84 Å². The van der Waals surface area contributed by atoms with Crippen LogP contribution in [-0.4, -0.2) is 11.7 Å². The highest BCUT2D eigenvalue weighted by Crippen LogP contribution is 2.34. The van der Waals surface area contributed by atoms with Gasteiger partial charge in [0.25, 0.3) is 0 Å². The molecule has 1 aromatic heterocycles. The van der Waals surface area contributed by atoms with Gasteiger partial charge in [0.1, 0.15) is 5.75 Å². The maximum Gasteiger partial charge on any atom is 0.122 e. The first-order chi connectivity index (χ1) is 8.65. The summed E-state index contributed by atoms with van der Waals surface area (Å²) in [6, 6.07) is 8.30. The first kappa shape index (κ1) is 13.1. The predicted octanol–water partition coefficient (Wildman–Crippen LogP) is 3.92. The van der Waals surface area contributed by atoms with Crippen LogP contribution >= 0.6 is 11.3 Å². The van der Waals surface area contributed by atoms with Gasteiger partial charge >= 0.3 is 0 Å². The molecule has 0 amide bonds. The third-order valence-electron chi connectivity index (χ3n) is 2.90. The highest BCUT2D eigenvalue weighted by molar-refractivity contribution is 7.15. The smallest absolute Gasteiger partial charge is 0.122 e. The van der Waals surface area contributed by atoms with Crippen molar-refractivity contribution in [1.82, 2.24) is 0 Å². The molecule has 96 valence electrons. The summed E-state index contributed by atoms with van der Waals surface area (Å²) >= 11 is 1.64. The largest absolute Gasteiger partial charge is 0.494 e. The van der Waals surface area contributed by atoms with Crippen LogP contribution in [0.1, 0.15) is 22.9 Å². The maximum atomic E-state index is 9.13. The monoisotopic (exact) mass is 262 g/mol. The molecule has 0 aliphatic rings. The normalized spacial score (nSPS) is 10.7. The Morgan fingerprint density at radius 3 is 2.56 bits per heavy atom. The quantitative estimate of drug-likeness (QED) is 0.905. The van der Waals surface area contributed by atoms with E-state index < -0.39 is 0 Å². The van der Waals surface area contributed by atoms with E-state index in [-0.39, 0.29) is 6.61 Å². The molecule has 0 saturated heterocycles. The summed E-state index contributed by atoms with van der Waals surface area (Å²) in [5.74, 6) is 0.956. The summed E-state index contributed by atoms with van der Waals surface area (Å²) in [5, 5.41) is 9.13. The number of ether oxygens (including phenoxy) is 1. The number of hydrogen-bond donors (Lipinski definition) is 1. The van der Waals surface area contributed by atoms with E-state index in [1.807, 2.05) is 13.0 Å².